The number of halogens is 1. The molecule has 0 radical (unpaired) electrons. The maximum atomic E-state index is 12.0. The third-order valence-corrected chi connectivity index (χ3v) is 3.92. The number of ether oxygens (including phenoxy) is 1. The van der Waals surface area contributed by atoms with Crippen molar-refractivity contribution in [2.45, 2.75) is 31.9 Å². The average Bonchev–Trinajstić information content (AvgIpc) is 2.46. The predicted octanol–water partition coefficient (Wildman–Crippen LogP) is 3.16. The molecule has 0 aliphatic carbocycles. The molecular weight excluding hydrogens is 320 g/mol. The van der Waals surface area contributed by atoms with Crippen LogP contribution in [0.2, 0.25) is 0 Å². The molecule has 1 aromatic carbocycles. The van der Waals surface area contributed by atoms with Crippen molar-refractivity contribution in [1.29, 1.82) is 0 Å². The number of likely N-dealkylation sites (N-methyl/N-ethyl adjacent to an activating group) is 1. The first-order valence-electron chi connectivity index (χ1n) is 7.00. The number of rotatable bonds is 4. The van der Waals surface area contributed by atoms with Crippen molar-refractivity contribution in [3.63, 3.8) is 0 Å². The average molecular weight is 341 g/mol. The zero-order valence-electron chi connectivity index (χ0n) is 11.8. The Bertz CT molecular complexity index is 447. The second kappa shape index (κ2) is 7.64. The molecule has 0 spiro atoms. The minimum Gasteiger partial charge on any atom is -0.376 e. The van der Waals surface area contributed by atoms with E-state index >= 15 is 0 Å². The van der Waals surface area contributed by atoms with Crippen LogP contribution in [0.4, 0.5) is 4.79 Å². The summed E-state index contributed by atoms with van der Waals surface area (Å²) in [6.07, 6.45) is 3.56. The van der Waals surface area contributed by atoms with Gasteiger partial charge in [-0.25, -0.2) is 4.79 Å². The van der Waals surface area contributed by atoms with E-state index in [2.05, 4.69) is 21.2 Å². The smallest absolute Gasteiger partial charge is 0.317 e. The Morgan fingerprint density at radius 2 is 2.35 bits per heavy atom. The van der Waals surface area contributed by atoms with E-state index in [4.69, 9.17) is 4.74 Å². The monoisotopic (exact) mass is 340 g/mol. The second-order valence-corrected chi connectivity index (χ2v) is 6.07. The first kappa shape index (κ1) is 15.3. The summed E-state index contributed by atoms with van der Waals surface area (Å²) in [4.78, 5) is 13.7. The fourth-order valence-electron chi connectivity index (χ4n) is 2.30. The summed E-state index contributed by atoms with van der Waals surface area (Å²) in [6, 6.07) is 7.88. The Kier molecular flexibility index (Phi) is 5.86. The molecule has 110 valence electrons. The molecule has 1 unspecified atom stereocenters. The summed E-state index contributed by atoms with van der Waals surface area (Å²) in [5, 5.41) is 2.93. The van der Waals surface area contributed by atoms with E-state index in [1.54, 1.807) is 4.90 Å². The second-order valence-electron chi connectivity index (χ2n) is 5.16. The van der Waals surface area contributed by atoms with Gasteiger partial charge in [-0.05, 0) is 37.0 Å². The van der Waals surface area contributed by atoms with E-state index in [1.807, 2.05) is 31.3 Å². The third kappa shape index (κ3) is 4.80. The summed E-state index contributed by atoms with van der Waals surface area (Å²) >= 11 is 3.42. The zero-order valence-corrected chi connectivity index (χ0v) is 13.4. The lowest BCUT2D eigenvalue weighted by atomic mass is 10.1. The van der Waals surface area contributed by atoms with Gasteiger partial charge in [0, 0.05) is 31.2 Å². The van der Waals surface area contributed by atoms with E-state index in [0.717, 1.165) is 29.5 Å². The van der Waals surface area contributed by atoms with Crippen molar-refractivity contribution in [1.82, 2.24) is 10.2 Å². The van der Waals surface area contributed by atoms with E-state index in [1.165, 1.54) is 6.42 Å². The summed E-state index contributed by atoms with van der Waals surface area (Å²) < 4.78 is 6.67. The summed E-state index contributed by atoms with van der Waals surface area (Å²) in [6.45, 7) is 2.01. The molecule has 2 rings (SSSR count). The van der Waals surface area contributed by atoms with Crippen molar-refractivity contribution < 1.29 is 9.53 Å². The Morgan fingerprint density at radius 3 is 3.05 bits per heavy atom. The summed E-state index contributed by atoms with van der Waals surface area (Å²) in [5.74, 6) is 0. The van der Waals surface area contributed by atoms with Crippen LogP contribution in [0.1, 0.15) is 24.8 Å². The molecule has 1 atom stereocenters. The largest absolute Gasteiger partial charge is 0.376 e. The van der Waals surface area contributed by atoms with Crippen LogP contribution in [0, 0.1) is 0 Å². The van der Waals surface area contributed by atoms with Gasteiger partial charge >= 0.3 is 6.03 Å². The van der Waals surface area contributed by atoms with Gasteiger partial charge in [0.1, 0.15) is 0 Å². The Labute approximate surface area is 128 Å². The fourth-order valence-corrected chi connectivity index (χ4v) is 2.75. The molecule has 1 saturated heterocycles. The van der Waals surface area contributed by atoms with Gasteiger partial charge in [-0.2, -0.15) is 0 Å². The van der Waals surface area contributed by atoms with Crippen molar-refractivity contribution >= 4 is 22.0 Å². The number of carbonyl (C=O) groups excluding carboxylic acids is 1. The topological polar surface area (TPSA) is 41.6 Å². The highest BCUT2D eigenvalue weighted by Crippen LogP contribution is 2.14. The Hall–Kier alpha value is -1.07. The van der Waals surface area contributed by atoms with Gasteiger partial charge in [0.25, 0.3) is 0 Å². The van der Waals surface area contributed by atoms with Gasteiger partial charge in [-0.15, -0.1) is 0 Å². The fraction of sp³-hybridized carbons (Fsp3) is 0.533. The first-order valence-corrected chi connectivity index (χ1v) is 7.79. The molecule has 0 aromatic heterocycles. The quantitative estimate of drug-likeness (QED) is 0.914. The van der Waals surface area contributed by atoms with Crippen LogP contribution in [0.3, 0.4) is 0 Å². The van der Waals surface area contributed by atoms with Gasteiger partial charge in [0.2, 0.25) is 0 Å². The summed E-state index contributed by atoms with van der Waals surface area (Å²) in [7, 11) is 1.81. The molecule has 1 aromatic rings. The number of carbonyl (C=O) groups is 1. The van der Waals surface area contributed by atoms with Crippen LogP contribution in [0.5, 0.6) is 0 Å². The lowest BCUT2D eigenvalue weighted by Gasteiger charge is -2.27. The van der Waals surface area contributed by atoms with E-state index in [0.29, 0.717) is 13.1 Å². The Balaban J connectivity index is 1.76. The van der Waals surface area contributed by atoms with Crippen molar-refractivity contribution in [3.8, 4) is 0 Å². The van der Waals surface area contributed by atoms with Crippen LogP contribution >= 0.6 is 15.9 Å². The molecule has 1 fully saturated rings. The number of urea groups is 1. The number of benzene rings is 1. The van der Waals surface area contributed by atoms with Gasteiger partial charge in [0.05, 0.1) is 6.10 Å². The molecule has 0 bridgehead atoms. The molecule has 1 aliphatic heterocycles. The number of hydrogen-bond donors (Lipinski definition) is 1. The van der Waals surface area contributed by atoms with Crippen molar-refractivity contribution in [2.75, 3.05) is 20.2 Å². The van der Waals surface area contributed by atoms with Gasteiger partial charge in [-0.3, -0.25) is 0 Å². The first-order chi connectivity index (χ1) is 9.65. The van der Waals surface area contributed by atoms with Crippen molar-refractivity contribution in [2.24, 2.45) is 0 Å². The van der Waals surface area contributed by atoms with Gasteiger partial charge < -0.3 is 15.0 Å². The maximum absolute atomic E-state index is 12.0. The standard InChI is InChI=1S/C15H21BrN2O2/c1-18(11-14-7-2-3-8-20-14)15(19)17-10-12-5-4-6-13(16)9-12/h4-6,9,14H,2-3,7-8,10-11H2,1H3,(H,17,19). The zero-order chi connectivity index (χ0) is 14.4. The number of hydrogen-bond acceptors (Lipinski definition) is 2. The number of amides is 2. The molecule has 20 heavy (non-hydrogen) atoms. The summed E-state index contributed by atoms with van der Waals surface area (Å²) in [5.41, 5.74) is 1.08. The number of nitrogens with zero attached hydrogens (tertiary/aromatic N) is 1. The highest BCUT2D eigenvalue weighted by molar-refractivity contribution is 9.10. The molecular formula is C15H21BrN2O2. The Morgan fingerprint density at radius 1 is 1.50 bits per heavy atom. The van der Waals surface area contributed by atoms with E-state index in [9.17, 15) is 4.79 Å². The maximum Gasteiger partial charge on any atom is 0.317 e. The van der Waals surface area contributed by atoms with E-state index in [-0.39, 0.29) is 12.1 Å². The third-order valence-electron chi connectivity index (χ3n) is 3.43. The highest BCUT2D eigenvalue weighted by Gasteiger charge is 2.18. The number of nitrogens with one attached hydrogen (secondary N) is 1. The molecule has 2 amide bonds. The SMILES string of the molecule is CN(CC1CCCCO1)C(=O)NCc1cccc(Br)c1. The molecule has 1 aliphatic rings. The van der Waals surface area contributed by atoms with Gasteiger partial charge in [-0.1, -0.05) is 28.1 Å². The highest BCUT2D eigenvalue weighted by atomic mass is 79.9. The molecule has 5 heteroatoms. The van der Waals surface area contributed by atoms with Crippen LogP contribution in [0.15, 0.2) is 28.7 Å². The molecule has 1 N–H and O–H groups in total. The molecule has 4 nitrogen and oxygen atoms in total. The predicted molar refractivity (Wildman–Crippen MR) is 82.6 cm³/mol. The van der Waals surface area contributed by atoms with Crippen LogP contribution in [-0.2, 0) is 11.3 Å². The lowest BCUT2D eigenvalue weighted by Crippen LogP contribution is -2.42. The van der Waals surface area contributed by atoms with Crippen LogP contribution in [-0.4, -0.2) is 37.2 Å². The van der Waals surface area contributed by atoms with Crippen molar-refractivity contribution in [3.05, 3.63) is 34.3 Å². The van der Waals surface area contributed by atoms with E-state index < -0.39 is 0 Å². The minimum absolute atomic E-state index is 0.0563. The van der Waals surface area contributed by atoms with Gasteiger partial charge in [0.15, 0.2) is 0 Å². The van der Waals surface area contributed by atoms with Crippen LogP contribution < -0.4 is 5.32 Å². The molecule has 1 heterocycles. The lowest BCUT2D eigenvalue weighted by molar-refractivity contribution is 0.00385. The normalized spacial score (nSPS) is 18.6. The minimum atomic E-state index is -0.0563. The van der Waals surface area contributed by atoms with Crippen LogP contribution in [0.25, 0.3) is 0 Å². The molecule has 0 saturated carbocycles.